The van der Waals surface area contributed by atoms with Gasteiger partial charge in [-0.2, -0.15) is 0 Å². The zero-order valence-corrected chi connectivity index (χ0v) is 11.4. The van der Waals surface area contributed by atoms with Crippen LogP contribution in [-0.2, 0) is 0 Å². The Kier molecular flexibility index (Phi) is 3.93. The Hall–Kier alpha value is -1.06. The maximum Gasteiger partial charge on any atom is 0.0628 e. The molecular weight excluding hydrogens is 224 g/mol. The molecule has 1 atom stereocenters. The normalized spacial score (nSPS) is 24.6. The van der Waals surface area contributed by atoms with Crippen LogP contribution < -0.4 is 10.6 Å². The molecular formula is C15H24N2O. The SMILES string of the molecule is CC(C)c1ccc(N2CCCC(N)(CO)C2)cc1. The van der Waals surface area contributed by atoms with E-state index in [-0.39, 0.29) is 6.61 Å². The van der Waals surface area contributed by atoms with E-state index in [0.717, 1.165) is 25.9 Å². The van der Waals surface area contributed by atoms with Crippen LogP contribution in [0.25, 0.3) is 0 Å². The van der Waals surface area contributed by atoms with Gasteiger partial charge < -0.3 is 15.7 Å². The predicted molar refractivity (Wildman–Crippen MR) is 76.0 cm³/mol. The van der Waals surface area contributed by atoms with E-state index in [2.05, 4.69) is 43.0 Å². The first-order valence-electron chi connectivity index (χ1n) is 6.79. The summed E-state index contributed by atoms with van der Waals surface area (Å²) in [5.41, 5.74) is 8.31. The first kappa shape index (κ1) is 13.4. The van der Waals surface area contributed by atoms with Gasteiger partial charge >= 0.3 is 0 Å². The molecule has 1 aromatic carbocycles. The van der Waals surface area contributed by atoms with Crippen molar-refractivity contribution in [2.45, 2.75) is 38.1 Å². The van der Waals surface area contributed by atoms with Crippen molar-refractivity contribution in [1.29, 1.82) is 0 Å². The van der Waals surface area contributed by atoms with Gasteiger partial charge in [-0.3, -0.25) is 0 Å². The van der Waals surface area contributed by atoms with Gasteiger partial charge in [-0.25, -0.2) is 0 Å². The summed E-state index contributed by atoms with van der Waals surface area (Å²) in [5.74, 6) is 0.562. The average Bonchev–Trinajstić information content (AvgIpc) is 2.39. The second-order valence-corrected chi connectivity index (χ2v) is 5.79. The molecule has 3 nitrogen and oxygen atoms in total. The van der Waals surface area contributed by atoms with Crippen LogP contribution in [0.15, 0.2) is 24.3 Å². The van der Waals surface area contributed by atoms with E-state index in [1.165, 1.54) is 11.3 Å². The van der Waals surface area contributed by atoms with Crippen LogP contribution in [0.2, 0.25) is 0 Å². The summed E-state index contributed by atoms with van der Waals surface area (Å²) < 4.78 is 0. The molecule has 3 N–H and O–H groups in total. The molecule has 0 aliphatic carbocycles. The van der Waals surface area contributed by atoms with Gasteiger partial charge in [0.1, 0.15) is 0 Å². The van der Waals surface area contributed by atoms with Gasteiger partial charge in [-0.05, 0) is 36.5 Å². The van der Waals surface area contributed by atoms with Crippen LogP contribution in [0.3, 0.4) is 0 Å². The zero-order chi connectivity index (χ0) is 13.2. The molecule has 100 valence electrons. The Balaban J connectivity index is 2.11. The maximum absolute atomic E-state index is 9.38. The average molecular weight is 248 g/mol. The lowest BCUT2D eigenvalue weighted by molar-refractivity contribution is 0.177. The molecule has 1 aliphatic rings. The van der Waals surface area contributed by atoms with Crippen molar-refractivity contribution >= 4 is 5.69 Å². The van der Waals surface area contributed by atoms with Gasteiger partial charge in [0, 0.05) is 18.8 Å². The van der Waals surface area contributed by atoms with E-state index in [1.54, 1.807) is 0 Å². The molecule has 1 aliphatic heterocycles. The monoisotopic (exact) mass is 248 g/mol. The number of anilines is 1. The first-order valence-corrected chi connectivity index (χ1v) is 6.79. The van der Waals surface area contributed by atoms with Crippen molar-refractivity contribution in [2.24, 2.45) is 5.73 Å². The molecule has 3 heteroatoms. The fourth-order valence-corrected chi connectivity index (χ4v) is 2.58. The van der Waals surface area contributed by atoms with Crippen LogP contribution in [0, 0.1) is 0 Å². The van der Waals surface area contributed by atoms with Gasteiger partial charge in [0.15, 0.2) is 0 Å². The van der Waals surface area contributed by atoms with Gasteiger partial charge in [-0.1, -0.05) is 26.0 Å². The molecule has 1 unspecified atom stereocenters. The number of nitrogens with zero attached hydrogens (tertiary/aromatic N) is 1. The number of rotatable bonds is 3. The van der Waals surface area contributed by atoms with Crippen molar-refractivity contribution in [1.82, 2.24) is 0 Å². The van der Waals surface area contributed by atoms with E-state index in [0.29, 0.717) is 5.92 Å². The Morgan fingerprint density at radius 1 is 1.33 bits per heavy atom. The first-order chi connectivity index (χ1) is 8.54. The van der Waals surface area contributed by atoms with E-state index in [1.807, 2.05) is 0 Å². The fourth-order valence-electron chi connectivity index (χ4n) is 2.58. The Morgan fingerprint density at radius 3 is 2.56 bits per heavy atom. The minimum Gasteiger partial charge on any atom is -0.394 e. The van der Waals surface area contributed by atoms with E-state index in [4.69, 9.17) is 5.73 Å². The fraction of sp³-hybridized carbons (Fsp3) is 0.600. The molecule has 18 heavy (non-hydrogen) atoms. The lowest BCUT2D eigenvalue weighted by atomic mass is 9.90. The van der Waals surface area contributed by atoms with Gasteiger partial charge in [0.2, 0.25) is 0 Å². The molecule has 1 saturated heterocycles. The second kappa shape index (κ2) is 5.29. The number of hydrogen-bond donors (Lipinski definition) is 2. The number of benzene rings is 1. The lowest BCUT2D eigenvalue weighted by Gasteiger charge is -2.40. The molecule has 0 saturated carbocycles. The van der Waals surface area contributed by atoms with Crippen molar-refractivity contribution in [2.75, 3.05) is 24.6 Å². The summed E-state index contributed by atoms with van der Waals surface area (Å²) in [6, 6.07) is 8.70. The van der Waals surface area contributed by atoms with Crippen LogP contribution >= 0.6 is 0 Å². The highest BCUT2D eigenvalue weighted by Crippen LogP contribution is 2.26. The highest BCUT2D eigenvalue weighted by molar-refractivity contribution is 5.49. The number of piperidine rings is 1. The van der Waals surface area contributed by atoms with E-state index >= 15 is 0 Å². The Bertz CT molecular complexity index is 388. The highest BCUT2D eigenvalue weighted by Gasteiger charge is 2.30. The molecule has 0 amide bonds. The summed E-state index contributed by atoms with van der Waals surface area (Å²) in [6.45, 7) is 6.23. The predicted octanol–water partition coefficient (Wildman–Crippen LogP) is 2.10. The Morgan fingerprint density at radius 2 is 2.00 bits per heavy atom. The minimum absolute atomic E-state index is 0.0631. The number of aliphatic hydroxyl groups is 1. The van der Waals surface area contributed by atoms with Crippen molar-refractivity contribution in [3.05, 3.63) is 29.8 Å². The summed E-state index contributed by atoms with van der Waals surface area (Å²) in [5, 5.41) is 9.38. The molecule has 0 spiro atoms. The third-order valence-corrected chi connectivity index (χ3v) is 3.85. The van der Waals surface area contributed by atoms with Crippen LogP contribution in [0.4, 0.5) is 5.69 Å². The largest absolute Gasteiger partial charge is 0.394 e. The van der Waals surface area contributed by atoms with Crippen LogP contribution in [-0.4, -0.2) is 30.3 Å². The molecule has 1 fully saturated rings. The van der Waals surface area contributed by atoms with Crippen molar-refractivity contribution < 1.29 is 5.11 Å². The molecule has 0 bridgehead atoms. The molecule has 0 radical (unpaired) electrons. The van der Waals surface area contributed by atoms with Gasteiger partial charge in [-0.15, -0.1) is 0 Å². The smallest absolute Gasteiger partial charge is 0.0628 e. The second-order valence-electron chi connectivity index (χ2n) is 5.79. The van der Waals surface area contributed by atoms with Gasteiger partial charge in [0.25, 0.3) is 0 Å². The third-order valence-electron chi connectivity index (χ3n) is 3.85. The van der Waals surface area contributed by atoms with Crippen LogP contribution in [0.1, 0.15) is 38.2 Å². The van der Waals surface area contributed by atoms with Crippen LogP contribution in [0.5, 0.6) is 0 Å². The van der Waals surface area contributed by atoms with Crippen molar-refractivity contribution in [3.63, 3.8) is 0 Å². The molecule has 1 heterocycles. The summed E-state index contributed by atoms with van der Waals surface area (Å²) in [4.78, 5) is 2.28. The summed E-state index contributed by atoms with van der Waals surface area (Å²) in [6.07, 6.45) is 1.95. The highest BCUT2D eigenvalue weighted by atomic mass is 16.3. The lowest BCUT2D eigenvalue weighted by Crippen LogP contribution is -2.56. The topological polar surface area (TPSA) is 49.5 Å². The third kappa shape index (κ3) is 2.85. The van der Waals surface area contributed by atoms with Gasteiger partial charge in [0.05, 0.1) is 12.1 Å². The molecule has 2 rings (SSSR count). The quantitative estimate of drug-likeness (QED) is 0.861. The molecule has 0 aromatic heterocycles. The van der Waals surface area contributed by atoms with E-state index < -0.39 is 5.54 Å². The standard InChI is InChI=1S/C15H24N2O/c1-12(2)13-4-6-14(7-5-13)17-9-3-8-15(16,10-17)11-18/h4-7,12,18H,3,8-11,16H2,1-2H3. The number of hydrogen-bond acceptors (Lipinski definition) is 3. The number of aliphatic hydroxyl groups excluding tert-OH is 1. The van der Waals surface area contributed by atoms with E-state index in [9.17, 15) is 5.11 Å². The molecule has 1 aromatic rings. The summed E-state index contributed by atoms with van der Waals surface area (Å²) in [7, 11) is 0. The summed E-state index contributed by atoms with van der Waals surface area (Å²) >= 11 is 0. The minimum atomic E-state index is -0.436. The maximum atomic E-state index is 9.38. The number of nitrogens with two attached hydrogens (primary N) is 1. The zero-order valence-electron chi connectivity index (χ0n) is 11.4. The Labute approximate surface area is 110 Å². The van der Waals surface area contributed by atoms with Crippen molar-refractivity contribution in [3.8, 4) is 0 Å².